The molecule has 3 aromatic rings. The third-order valence-corrected chi connectivity index (χ3v) is 3.54. The van der Waals surface area contributed by atoms with Gasteiger partial charge in [-0.2, -0.15) is 5.10 Å². The number of rotatable bonds is 5. The lowest BCUT2D eigenvalue weighted by Gasteiger charge is -2.08. The number of aromatic nitrogens is 2. The van der Waals surface area contributed by atoms with E-state index in [1.165, 1.54) is 10.9 Å². The highest BCUT2D eigenvalue weighted by Gasteiger charge is 2.04. The first-order valence-corrected chi connectivity index (χ1v) is 7.47. The van der Waals surface area contributed by atoms with Crippen molar-refractivity contribution in [3.05, 3.63) is 60.3 Å². The molecule has 3 rings (SSSR count). The van der Waals surface area contributed by atoms with Crippen LogP contribution in [0.5, 0.6) is 0 Å². The highest BCUT2D eigenvalue weighted by Crippen LogP contribution is 2.18. The van der Waals surface area contributed by atoms with E-state index >= 15 is 0 Å². The Morgan fingerprint density at radius 2 is 1.81 bits per heavy atom. The molecule has 3 nitrogen and oxygen atoms in total. The minimum Gasteiger partial charge on any atom is -0.312 e. The van der Waals surface area contributed by atoms with Gasteiger partial charge in [0.05, 0.1) is 17.4 Å². The number of hydrogen-bond acceptors (Lipinski definition) is 2. The van der Waals surface area contributed by atoms with E-state index in [0.717, 1.165) is 24.3 Å². The maximum atomic E-state index is 4.48. The van der Waals surface area contributed by atoms with Gasteiger partial charge < -0.3 is 5.32 Å². The average molecular weight is 279 g/mol. The molecule has 0 bridgehead atoms. The third kappa shape index (κ3) is 3.14. The Morgan fingerprint density at radius 3 is 2.57 bits per heavy atom. The molecule has 3 heteroatoms. The number of nitrogens with zero attached hydrogens (tertiary/aromatic N) is 2. The molecule has 0 aliphatic heterocycles. The Balaban J connectivity index is 1.78. The molecule has 0 atom stereocenters. The normalized spacial score (nSPS) is 11.4. The highest BCUT2D eigenvalue weighted by molar-refractivity contribution is 5.80. The van der Waals surface area contributed by atoms with Crippen LogP contribution < -0.4 is 5.32 Å². The fourth-order valence-electron chi connectivity index (χ4n) is 2.44. The summed E-state index contributed by atoms with van der Waals surface area (Å²) < 4.78 is 1.99. The van der Waals surface area contributed by atoms with Crippen molar-refractivity contribution in [1.82, 2.24) is 15.1 Å². The standard InChI is InChI=1S/C18H21N3/c1-14(2)11-19-12-15-7-9-17(10-8-15)21-18-6-4-3-5-16(18)13-20-21/h3-10,13-14,19H,11-12H2,1-2H3. The molecule has 0 aliphatic rings. The third-order valence-electron chi connectivity index (χ3n) is 3.54. The lowest BCUT2D eigenvalue weighted by atomic mass is 10.2. The van der Waals surface area contributed by atoms with E-state index in [-0.39, 0.29) is 0 Å². The van der Waals surface area contributed by atoms with Crippen molar-refractivity contribution in [3.8, 4) is 5.69 Å². The van der Waals surface area contributed by atoms with Crippen LogP contribution in [0.3, 0.4) is 0 Å². The van der Waals surface area contributed by atoms with Crippen LogP contribution >= 0.6 is 0 Å². The number of fused-ring (bicyclic) bond motifs is 1. The first-order chi connectivity index (χ1) is 10.2. The van der Waals surface area contributed by atoms with Gasteiger partial charge in [0, 0.05) is 11.9 Å². The van der Waals surface area contributed by atoms with Crippen molar-refractivity contribution in [2.75, 3.05) is 6.54 Å². The van der Waals surface area contributed by atoms with Gasteiger partial charge in [0.1, 0.15) is 0 Å². The molecule has 0 saturated heterocycles. The second kappa shape index (κ2) is 6.10. The Morgan fingerprint density at radius 1 is 1.05 bits per heavy atom. The van der Waals surface area contributed by atoms with E-state index in [1.54, 1.807) is 0 Å². The fourth-order valence-corrected chi connectivity index (χ4v) is 2.44. The van der Waals surface area contributed by atoms with E-state index in [0.29, 0.717) is 5.92 Å². The molecule has 108 valence electrons. The van der Waals surface area contributed by atoms with Crippen LogP contribution in [0.15, 0.2) is 54.7 Å². The van der Waals surface area contributed by atoms with Gasteiger partial charge in [0.15, 0.2) is 0 Å². The Kier molecular flexibility index (Phi) is 4.02. The van der Waals surface area contributed by atoms with Crippen LogP contribution in [0, 0.1) is 5.92 Å². The van der Waals surface area contributed by atoms with E-state index in [4.69, 9.17) is 0 Å². The molecule has 1 aromatic heterocycles. The second-order valence-electron chi connectivity index (χ2n) is 5.81. The van der Waals surface area contributed by atoms with E-state index in [2.05, 4.69) is 60.7 Å². The molecule has 1 heterocycles. The van der Waals surface area contributed by atoms with Gasteiger partial charge in [0.2, 0.25) is 0 Å². The molecule has 0 fully saturated rings. The first-order valence-electron chi connectivity index (χ1n) is 7.47. The van der Waals surface area contributed by atoms with Gasteiger partial charge in [-0.25, -0.2) is 4.68 Å². The summed E-state index contributed by atoms with van der Waals surface area (Å²) in [5.74, 6) is 0.680. The Bertz CT molecular complexity index is 711. The van der Waals surface area contributed by atoms with Crippen LogP contribution in [0.1, 0.15) is 19.4 Å². The summed E-state index contributed by atoms with van der Waals surface area (Å²) in [5.41, 5.74) is 3.54. The van der Waals surface area contributed by atoms with Crippen molar-refractivity contribution in [2.24, 2.45) is 5.92 Å². The molecule has 0 unspecified atom stereocenters. The van der Waals surface area contributed by atoms with Gasteiger partial charge >= 0.3 is 0 Å². The Labute approximate surface area is 125 Å². The zero-order valence-electron chi connectivity index (χ0n) is 12.6. The van der Waals surface area contributed by atoms with E-state index < -0.39 is 0 Å². The average Bonchev–Trinajstić information content (AvgIpc) is 2.92. The van der Waals surface area contributed by atoms with Gasteiger partial charge in [-0.3, -0.25) is 0 Å². The predicted molar refractivity (Wildman–Crippen MR) is 87.6 cm³/mol. The quantitative estimate of drug-likeness (QED) is 0.770. The van der Waals surface area contributed by atoms with Crippen LogP contribution in [0.25, 0.3) is 16.6 Å². The summed E-state index contributed by atoms with van der Waals surface area (Å²) in [6.07, 6.45) is 1.91. The lowest BCUT2D eigenvalue weighted by molar-refractivity contribution is 0.552. The zero-order chi connectivity index (χ0) is 14.7. The minimum atomic E-state index is 0.680. The van der Waals surface area contributed by atoms with Crippen molar-refractivity contribution in [1.29, 1.82) is 0 Å². The molecule has 0 saturated carbocycles. The largest absolute Gasteiger partial charge is 0.312 e. The minimum absolute atomic E-state index is 0.680. The maximum absolute atomic E-state index is 4.48. The van der Waals surface area contributed by atoms with Crippen molar-refractivity contribution < 1.29 is 0 Å². The highest BCUT2D eigenvalue weighted by atomic mass is 15.3. The van der Waals surface area contributed by atoms with Crippen LogP contribution in [-0.2, 0) is 6.54 Å². The SMILES string of the molecule is CC(C)CNCc1ccc(-n2ncc3ccccc32)cc1. The zero-order valence-corrected chi connectivity index (χ0v) is 12.6. The lowest BCUT2D eigenvalue weighted by Crippen LogP contribution is -2.18. The molecule has 1 N–H and O–H groups in total. The summed E-state index contributed by atoms with van der Waals surface area (Å²) in [5, 5.41) is 9.11. The second-order valence-corrected chi connectivity index (χ2v) is 5.81. The number of nitrogens with one attached hydrogen (secondary N) is 1. The molecule has 21 heavy (non-hydrogen) atoms. The topological polar surface area (TPSA) is 29.9 Å². The number of para-hydroxylation sites is 1. The van der Waals surface area contributed by atoms with Crippen LogP contribution in [0.4, 0.5) is 0 Å². The number of benzene rings is 2. The van der Waals surface area contributed by atoms with Gasteiger partial charge in [-0.1, -0.05) is 44.2 Å². The molecule has 0 aliphatic carbocycles. The molecular formula is C18H21N3. The maximum Gasteiger partial charge on any atom is 0.0741 e. The number of hydrogen-bond donors (Lipinski definition) is 1. The van der Waals surface area contributed by atoms with Crippen molar-refractivity contribution >= 4 is 10.9 Å². The summed E-state index contributed by atoms with van der Waals surface area (Å²) in [6, 6.07) is 16.9. The van der Waals surface area contributed by atoms with Crippen LogP contribution in [-0.4, -0.2) is 16.3 Å². The summed E-state index contributed by atoms with van der Waals surface area (Å²) >= 11 is 0. The van der Waals surface area contributed by atoms with Crippen molar-refractivity contribution in [2.45, 2.75) is 20.4 Å². The van der Waals surface area contributed by atoms with Gasteiger partial charge in [-0.15, -0.1) is 0 Å². The fraction of sp³-hybridized carbons (Fsp3) is 0.278. The molecular weight excluding hydrogens is 258 g/mol. The summed E-state index contributed by atoms with van der Waals surface area (Å²) in [6.45, 7) is 6.40. The summed E-state index contributed by atoms with van der Waals surface area (Å²) in [7, 11) is 0. The molecule has 0 spiro atoms. The smallest absolute Gasteiger partial charge is 0.0741 e. The van der Waals surface area contributed by atoms with Crippen molar-refractivity contribution in [3.63, 3.8) is 0 Å². The van der Waals surface area contributed by atoms with Gasteiger partial charge in [0.25, 0.3) is 0 Å². The monoisotopic (exact) mass is 279 g/mol. The molecule has 0 radical (unpaired) electrons. The molecule has 2 aromatic carbocycles. The van der Waals surface area contributed by atoms with Crippen LogP contribution in [0.2, 0.25) is 0 Å². The van der Waals surface area contributed by atoms with E-state index in [1.807, 2.05) is 23.0 Å². The summed E-state index contributed by atoms with van der Waals surface area (Å²) in [4.78, 5) is 0. The first kappa shape index (κ1) is 13.8. The molecule has 0 amide bonds. The van der Waals surface area contributed by atoms with Gasteiger partial charge in [-0.05, 0) is 36.2 Å². The Hall–Kier alpha value is -2.13. The predicted octanol–water partition coefficient (Wildman–Crippen LogP) is 3.77. The van der Waals surface area contributed by atoms with E-state index in [9.17, 15) is 0 Å².